The molecule has 0 fully saturated rings. The molecule has 6 nitrogen and oxygen atoms in total. The normalized spacial score (nSPS) is 15.1. The first-order valence-corrected chi connectivity index (χ1v) is 8.85. The van der Waals surface area contributed by atoms with E-state index in [0.29, 0.717) is 23.6 Å². The van der Waals surface area contributed by atoms with Crippen LogP contribution in [0.5, 0.6) is 11.5 Å². The molecule has 1 atom stereocenters. The van der Waals surface area contributed by atoms with Gasteiger partial charge in [0.25, 0.3) is 0 Å². The zero-order valence-corrected chi connectivity index (χ0v) is 15.5. The van der Waals surface area contributed by atoms with Crippen molar-refractivity contribution < 1.29 is 23.8 Å². The first-order valence-electron chi connectivity index (χ1n) is 7.97. The zero-order valence-electron chi connectivity index (χ0n) is 14.7. The van der Waals surface area contributed by atoms with Crippen LogP contribution in [-0.4, -0.2) is 38.5 Å². The first-order chi connectivity index (χ1) is 12.6. The number of thioether (sulfide) groups is 1. The molecule has 26 heavy (non-hydrogen) atoms. The highest BCUT2D eigenvalue weighted by Crippen LogP contribution is 2.38. The summed E-state index contributed by atoms with van der Waals surface area (Å²) in [6.07, 6.45) is 0.646. The lowest BCUT2D eigenvalue weighted by Crippen LogP contribution is -2.26. The van der Waals surface area contributed by atoms with E-state index in [4.69, 9.17) is 14.2 Å². The van der Waals surface area contributed by atoms with Crippen molar-refractivity contribution in [3.05, 3.63) is 47.5 Å². The summed E-state index contributed by atoms with van der Waals surface area (Å²) in [4.78, 5) is 26.0. The van der Waals surface area contributed by atoms with Crippen LogP contribution in [0.15, 0.2) is 41.3 Å². The standard InChI is InChI=1S/C19H19NO5S/c1-23-14-9-12(19(22)25-3)13(10-15(14)24-2)20-18(21)17-8-11-6-4-5-7-16(11)26-17/h4-7,9-10,17H,8H2,1-3H3,(H,20,21)/t17-/m0/s1. The Kier molecular flexibility index (Phi) is 5.37. The van der Waals surface area contributed by atoms with Crippen molar-refractivity contribution in [3.63, 3.8) is 0 Å². The molecule has 1 amide bonds. The lowest BCUT2D eigenvalue weighted by Gasteiger charge is -2.16. The van der Waals surface area contributed by atoms with E-state index in [1.54, 1.807) is 6.07 Å². The molecule has 1 aliphatic heterocycles. The van der Waals surface area contributed by atoms with Crippen LogP contribution < -0.4 is 14.8 Å². The summed E-state index contributed by atoms with van der Waals surface area (Å²) in [6, 6.07) is 11.0. The van der Waals surface area contributed by atoms with Gasteiger partial charge in [0.1, 0.15) is 0 Å². The molecule has 1 aliphatic rings. The number of benzene rings is 2. The Hall–Kier alpha value is -2.67. The second kappa shape index (κ2) is 7.70. The van der Waals surface area contributed by atoms with Crippen molar-refractivity contribution in [1.82, 2.24) is 0 Å². The van der Waals surface area contributed by atoms with Crippen molar-refractivity contribution >= 4 is 29.3 Å². The maximum Gasteiger partial charge on any atom is 0.340 e. The molecule has 3 rings (SSSR count). The lowest BCUT2D eigenvalue weighted by atomic mass is 10.1. The minimum Gasteiger partial charge on any atom is -0.493 e. The van der Waals surface area contributed by atoms with E-state index >= 15 is 0 Å². The number of hydrogen-bond acceptors (Lipinski definition) is 6. The van der Waals surface area contributed by atoms with Gasteiger partial charge >= 0.3 is 5.97 Å². The molecular weight excluding hydrogens is 354 g/mol. The van der Waals surface area contributed by atoms with Crippen LogP contribution >= 0.6 is 11.8 Å². The number of rotatable bonds is 5. The molecule has 2 aromatic rings. The van der Waals surface area contributed by atoms with E-state index in [9.17, 15) is 9.59 Å². The molecule has 0 aliphatic carbocycles. The van der Waals surface area contributed by atoms with E-state index in [1.807, 2.05) is 24.3 Å². The Balaban J connectivity index is 1.86. The molecule has 0 unspecified atom stereocenters. The molecule has 7 heteroatoms. The fraction of sp³-hybridized carbons (Fsp3) is 0.263. The third kappa shape index (κ3) is 3.48. The highest BCUT2D eigenvalue weighted by molar-refractivity contribution is 8.01. The zero-order chi connectivity index (χ0) is 18.7. The Bertz CT molecular complexity index is 827. The number of esters is 1. The van der Waals surface area contributed by atoms with Gasteiger partial charge in [-0.25, -0.2) is 4.79 Å². The molecule has 1 N–H and O–H groups in total. The monoisotopic (exact) mass is 373 g/mol. The molecule has 1 heterocycles. The Morgan fingerprint density at radius 2 is 1.77 bits per heavy atom. The van der Waals surface area contributed by atoms with Crippen molar-refractivity contribution in [2.75, 3.05) is 26.6 Å². The summed E-state index contributed by atoms with van der Waals surface area (Å²) in [5.74, 6) is 0.0542. The minimum atomic E-state index is -0.566. The molecule has 0 spiro atoms. The maximum absolute atomic E-state index is 12.7. The van der Waals surface area contributed by atoms with Crippen LogP contribution in [0.1, 0.15) is 15.9 Å². The van der Waals surface area contributed by atoms with E-state index in [2.05, 4.69) is 5.32 Å². The Labute approximate surface area is 155 Å². The van der Waals surface area contributed by atoms with Gasteiger partial charge in [0.15, 0.2) is 11.5 Å². The lowest BCUT2D eigenvalue weighted by molar-refractivity contribution is -0.115. The summed E-state index contributed by atoms with van der Waals surface area (Å²) in [5, 5.41) is 2.57. The average molecular weight is 373 g/mol. The third-order valence-electron chi connectivity index (χ3n) is 4.13. The van der Waals surface area contributed by atoms with Crippen LogP contribution in [0.2, 0.25) is 0 Å². The van der Waals surface area contributed by atoms with Crippen LogP contribution in [-0.2, 0) is 16.0 Å². The number of carbonyl (C=O) groups excluding carboxylic acids is 2. The average Bonchev–Trinajstić information content (AvgIpc) is 3.11. The quantitative estimate of drug-likeness (QED) is 0.812. The summed E-state index contributed by atoms with van der Waals surface area (Å²) >= 11 is 1.52. The smallest absolute Gasteiger partial charge is 0.340 e. The topological polar surface area (TPSA) is 73.9 Å². The summed E-state index contributed by atoms with van der Waals surface area (Å²) in [7, 11) is 4.25. The maximum atomic E-state index is 12.7. The molecule has 0 aromatic heterocycles. The predicted octanol–water partition coefficient (Wildman–Crippen LogP) is 3.15. The minimum absolute atomic E-state index is 0.177. The van der Waals surface area contributed by atoms with Gasteiger partial charge in [-0.2, -0.15) is 0 Å². The molecule has 0 saturated heterocycles. The summed E-state index contributed by atoms with van der Waals surface area (Å²) in [6.45, 7) is 0. The number of nitrogens with one attached hydrogen (secondary N) is 1. The van der Waals surface area contributed by atoms with Gasteiger partial charge in [-0.15, -0.1) is 11.8 Å². The molecular formula is C19H19NO5S. The number of carbonyl (C=O) groups is 2. The van der Waals surface area contributed by atoms with Crippen molar-refractivity contribution in [2.24, 2.45) is 0 Å². The fourth-order valence-corrected chi connectivity index (χ4v) is 4.00. The summed E-state index contributed by atoms with van der Waals surface area (Å²) in [5.41, 5.74) is 1.69. The van der Waals surface area contributed by atoms with Crippen molar-refractivity contribution in [3.8, 4) is 11.5 Å². The van der Waals surface area contributed by atoms with Crippen molar-refractivity contribution in [2.45, 2.75) is 16.6 Å². The van der Waals surface area contributed by atoms with E-state index < -0.39 is 5.97 Å². The van der Waals surface area contributed by atoms with Crippen LogP contribution in [0.3, 0.4) is 0 Å². The van der Waals surface area contributed by atoms with Crippen LogP contribution in [0.4, 0.5) is 5.69 Å². The number of methoxy groups -OCH3 is 3. The predicted molar refractivity (Wildman–Crippen MR) is 99.3 cm³/mol. The van der Waals surface area contributed by atoms with Gasteiger partial charge in [0.2, 0.25) is 5.91 Å². The van der Waals surface area contributed by atoms with E-state index in [0.717, 1.165) is 10.5 Å². The van der Waals surface area contributed by atoms with Crippen LogP contribution in [0.25, 0.3) is 0 Å². The van der Waals surface area contributed by atoms with Gasteiger partial charge in [-0.3, -0.25) is 4.79 Å². The molecule has 0 radical (unpaired) electrons. The van der Waals surface area contributed by atoms with Gasteiger partial charge in [0.05, 0.1) is 37.8 Å². The number of hydrogen-bond donors (Lipinski definition) is 1. The van der Waals surface area contributed by atoms with E-state index in [-0.39, 0.29) is 16.7 Å². The van der Waals surface area contributed by atoms with Gasteiger partial charge < -0.3 is 19.5 Å². The van der Waals surface area contributed by atoms with E-state index in [1.165, 1.54) is 39.2 Å². The van der Waals surface area contributed by atoms with Gasteiger partial charge in [0, 0.05) is 17.0 Å². The fourth-order valence-electron chi connectivity index (χ4n) is 2.80. The highest BCUT2D eigenvalue weighted by Gasteiger charge is 2.29. The van der Waals surface area contributed by atoms with Crippen LogP contribution in [0, 0.1) is 0 Å². The number of fused-ring (bicyclic) bond motifs is 1. The largest absolute Gasteiger partial charge is 0.493 e. The molecule has 0 bridgehead atoms. The highest BCUT2D eigenvalue weighted by atomic mass is 32.2. The molecule has 0 saturated carbocycles. The molecule has 2 aromatic carbocycles. The van der Waals surface area contributed by atoms with Gasteiger partial charge in [-0.1, -0.05) is 18.2 Å². The second-order valence-corrected chi connectivity index (χ2v) is 6.90. The Morgan fingerprint density at radius 1 is 1.08 bits per heavy atom. The SMILES string of the molecule is COC(=O)c1cc(OC)c(OC)cc1NC(=O)[C@@H]1Cc2ccccc2S1. The number of amides is 1. The Morgan fingerprint density at radius 3 is 2.42 bits per heavy atom. The van der Waals surface area contributed by atoms with Gasteiger partial charge in [-0.05, 0) is 18.1 Å². The second-order valence-electron chi connectivity index (χ2n) is 5.65. The van der Waals surface area contributed by atoms with Crippen molar-refractivity contribution in [1.29, 1.82) is 0 Å². The third-order valence-corrected chi connectivity index (χ3v) is 5.44. The summed E-state index contributed by atoms with van der Waals surface area (Å²) < 4.78 is 15.3. The first kappa shape index (κ1) is 18.1. The number of ether oxygens (including phenoxy) is 3. The molecule has 136 valence electrons. The number of anilines is 1.